The minimum absolute atomic E-state index is 0.0165. The van der Waals surface area contributed by atoms with E-state index in [-0.39, 0.29) is 18.0 Å². The Labute approximate surface area is 192 Å². The first-order valence-corrected chi connectivity index (χ1v) is 11.5. The Bertz CT molecular complexity index is 987. The Morgan fingerprint density at radius 3 is 2.85 bits per heavy atom. The lowest BCUT2D eigenvalue weighted by molar-refractivity contribution is -0.116. The van der Waals surface area contributed by atoms with Crippen LogP contribution in [0.25, 0.3) is 6.08 Å². The van der Waals surface area contributed by atoms with Crippen LogP contribution in [0.15, 0.2) is 36.8 Å². The van der Waals surface area contributed by atoms with Gasteiger partial charge in [-0.3, -0.25) is 9.78 Å². The van der Waals surface area contributed by atoms with Crippen molar-refractivity contribution in [2.45, 2.75) is 25.4 Å². The largest absolute Gasteiger partial charge is 0.460 e. The average molecular weight is 454 g/mol. The summed E-state index contributed by atoms with van der Waals surface area (Å²) < 4.78 is 25.6. The molecule has 8 nitrogen and oxygen atoms in total. The van der Waals surface area contributed by atoms with Gasteiger partial charge in [-0.2, -0.15) is 4.98 Å². The van der Waals surface area contributed by atoms with Crippen LogP contribution in [0, 0.1) is 23.6 Å². The zero-order chi connectivity index (χ0) is 22.6. The normalized spacial score (nSPS) is 24.6. The Balaban J connectivity index is 1.07. The number of ether oxygens (including phenoxy) is 2. The molecular formula is C24H28FN5O3. The lowest BCUT2D eigenvalue weighted by atomic mass is 10.2. The standard InChI is InChI=1S/C24H28FN5O3/c25-21-13-28-24(33-17-6-10-32-11-7-17)29-23(21)30-14-19-18(20(19)15-30)5-9-27-22(31)4-3-16-2-1-8-26-12-16/h1-4,8,12-13,17-20H,5-7,9-11,14-15H2,(H,27,31)/b4-3+/t18-,19-,20+. The first-order valence-electron chi connectivity index (χ1n) is 11.5. The van der Waals surface area contributed by atoms with E-state index < -0.39 is 5.82 Å². The maximum absolute atomic E-state index is 14.4. The summed E-state index contributed by atoms with van der Waals surface area (Å²) in [6.45, 7) is 3.51. The molecule has 3 atom stereocenters. The Kier molecular flexibility index (Phi) is 6.48. The van der Waals surface area contributed by atoms with E-state index in [4.69, 9.17) is 9.47 Å². The summed E-state index contributed by atoms with van der Waals surface area (Å²) in [4.78, 5) is 26.4. The number of rotatable bonds is 8. The lowest BCUT2D eigenvalue weighted by Crippen LogP contribution is -2.29. The van der Waals surface area contributed by atoms with Crippen LogP contribution in [0.4, 0.5) is 10.2 Å². The molecule has 5 rings (SSSR count). The minimum atomic E-state index is -0.417. The van der Waals surface area contributed by atoms with Crippen LogP contribution in [-0.4, -0.2) is 59.8 Å². The summed E-state index contributed by atoms with van der Waals surface area (Å²) in [5, 5.41) is 2.95. The zero-order valence-corrected chi connectivity index (χ0v) is 18.4. The number of carbonyl (C=O) groups excluding carboxylic acids is 1. The van der Waals surface area contributed by atoms with Crippen molar-refractivity contribution < 1.29 is 18.7 Å². The van der Waals surface area contributed by atoms with Gasteiger partial charge in [-0.05, 0) is 41.9 Å². The van der Waals surface area contributed by atoms with Gasteiger partial charge in [0.05, 0.1) is 19.4 Å². The number of hydrogen-bond donors (Lipinski definition) is 1. The quantitative estimate of drug-likeness (QED) is 0.614. The molecule has 0 bridgehead atoms. The van der Waals surface area contributed by atoms with Crippen LogP contribution in [0.3, 0.4) is 0 Å². The van der Waals surface area contributed by atoms with Crippen LogP contribution in [0.1, 0.15) is 24.8 Å². The number of pyridine rings is 1. The first-order chi connectivity index (χ1) is 16.2. The van der Waals surface area contributed by atoms with Crippen molar-refractivity contribution in [3.63, 3.8) is 0 Å². The van der Waals surface area contributed by atoms with Gasteiger partial charge in [0.2, 0.25) is 5.91 Å². The Morgan fingerprint density at radius 2 is 2.09 bits per heavy atom. The second-order valence-electron chi connectivity index (χ2n) is 8.85. The van der Waals surface area contributed by atoms with Crippen LogP contribution >= 0.6 is 0 Å². The number of hydrogen-bond acceptors (Lipinski definition) is 7. The third-order valence-electron chi connectivity index (χ3n) is 6.70. The van der Waals surface area contributed by atoms with Gasteiger partial charge in [0.25, 0.3) is 0 Å². The molecule has 1 aliphatic carbocycles. The molecule has 1 amide bonds. The van der Waals surface area contributed by atoms with E-state index in [1.807, 2.05) is 17.0 Å². The number of piperidine rings is 1. The molecule has 0 unspecified atom stereocenters. The van der Waals surface area contributed by atoms with Gasteiger partial charge in [-0.25, -0.2) is 9.37 Å². The molecule has 0 radical (unpaired) electrons. The second kappa shape index (κ2) is 9.82. The number of fused-ring (bicyclic) bond motifs is 1. The molecule has 33 heavy (non-hydrogen) atoms. The third kappa shape index (κ3) is 5.30. The van der Waals surface area contributed by atoms with Gasteiger partial charge in [0.15, 0.2) is 11.6 Å². The van der Waals surface area contributed by atoms with Gasteiger partial charge in [0.1, 0.15) is 6.10 Å². The molecule has 3 fully saturated rings. The maximum atomic E-state index is 14.4. The van der Waals surface area contributed by atoms with E-state index >= 15 is 0 Å². The van der Waals surface area contributed by atoms with Crippen molar-refractivity contribution >= 4 is 17.8 Å². The fraction of sp³-hybridized carbons (Fsp3) is 0.500. The number of nitrogens with one attached hydrogen (secondary N) is 1. The fourth-order valence-electron chi connectivity index (χ4n) is 4.88. The monoisotopic (exact) mass is 453 g/mol. The van der Waals surface area contributed by atoms with Gasteiger partial charge < -0.3 is 19.7 Å². The maximum Gasteiger partial charge on any atom is 0.318 e. The topological polar surface area (TPSA) is 89.5 Å². The van der Waals surface area contributed by atoms with E-state index in [9.17, 15) is 9.18 Å². The molecule has 9 heteroatoms. The number of anilines is 1. The molecule has 2 aliphatic heterocycles. The highest BCUT2D eigenvalue weighted by Crippen LogP contribution is 2.54. The summed E-state index contributed by atoms with van der Waals surface area (Å²) >= 11 is 0. The predicted molar refractivity (Wildman–Crippen MR) is 120 cm³/mol. The molecule has 1 saturated carbocycles. The number of amides is 1. The van der Waals surface area contributed by atoms with Gasteiger partial charge >= 0.3 is 6.01 Å². The summed E-state index contributed by atoms with van der Waals surface area (Å²) in [6, 6.07) is 3.96. The van der Waals surface area contributed by atoms with Crippen molar-refractivity contribution in [2.75, 3.05) is 37.7 Å². The number of nitrogens with zero attached hydrogens (tertiary/aromatic N) is 4. The Hall–Kier alpha value is -3.07. The SMILES string of the molecule is O=C(/C=C/c1cccnc1)NCC[C@@H]1[C@H]2CN(c3nc(OC4CCOCC4)ncc3F)C[C@@H]12. The first kappa shape index (κ1) is 21.8. The molecule has 0 aromatic carbocycles. The molecular weight excluding hydrogens is 425 g/mol. The summed E-state index contributed by atoms with van der Waals surface area (Å²) in [5.41, 5.74) is 0.891. The van der Waals surface area contributed by atoms with E-state index in [0.717, 1.165) is 37.9 Å². The van der Waals surface area contributed by atoms with Crippen molar-refractivity contribution in [1.29, 1.82) is 0 Å². The van der Waals surface area contributed by atoms with Gasteiger partial charge in [-0.15, -0.1) is 0 Å². The fourth-order valence-corrected chi connectivity index (χ4v) is 4.88. The highest BCUT2D eigenvalue weighted by Gasteiger charge is 2.55. The Morgan fingerprint density at radius 1 is 1.27 bits per heavy atom. The van der Waals surface area contributed by atoms with E-state index in [2.05, 4.69) is 20.3 Å². The van der Waals surface area contributed by atoms with Gasteiger partial charge in [-0.1, -0.05) is 6.07 Å². The van der Waals surface area contributed by atoms with Crippen LogP contribution in [0.5, 0.6) is 6.01 Å². The predicted octanol–water partition coefficient (Wildman–Crippen LogP) is 2.47. The highest BCUT2D eigenvalue weighted by atomic mass is 19.1. The summed E-state index contributed by atoms with van der Waals surface area (Å²) in [5.74, 6) is 1.40. The van der Waals surface area contributed by atoms with E-state index in [1.165, 1.54) is 12.3 Å². The summed E-state index contributed by atoms with van der Waals surface area (Å²) in [6.07, 6.45) is 10.4. The van der Waals surface area contributed by atoms with Crippen molar-refractivity contribution in [1.82, 2.24) is 20.3 Å². The molecule has 4 heterocycles. The number of halogens is 1. The third-order valence-corrected chi connectivity index (χ3v) is 6.70. The number of aromatic nitrogens is 3. The second-order valence-corrected chi connectivity index (χ2v) is 8.85. The van der Waals surface area contributed by atoms with Crippen LogP contribution in [0.2, 0.25) is 0 Å². The molecule has 2 aromatic rings. The van der Waals surface area contributed by atoms with Crippen LogP contribution < -0.4 is 15.0 Å². The molecule has 2 aromatic heterocycles. The molecule has 0 spiro atoms. The van der Waals surface area contributed by atoms with Gasteiger partial charge in [0, 0.05) is 50.9 Å². The lowest BCUT2D eigenvalue weighted by Gasteiger charge is -2.24. The van der Waals surface area contributed by atoms with Crippen molar-refractivity contribution in [3.8, 4) is 6.01 Å². The minimum Gasteiger partial charge on any atom is -0.460 e. The average Bonchev–Trinajstić information content (AvgIpc) is 3.28. The van der Waals surface area contributed by atoms with Crippen molar-refractivity contribution in [3.05, 3.63) is 48.2 Å². The molecule has 3 aliphatic rings. The van der Waals surface area contributed by atoms with Crippen molar-refractivity contribution in [2.24, 2.45) is 17.8 Å². The zero-order valence-electron chi connectivity index (χ0n) is 18.4. The molecule has 2 saturated heterocycles. The van der Waals surface area contributed by atoms with E-state index in [1.54, 1.807) is 18.5 Å². The number of carbonyl (C=O) groups is 1. The van der Waals surface area contributed by atoms with E-state index in [0.29, 0.717) is 43.3 Å². The smallest absolute Gasteiger partial charge is 0.318 e. The van der Waals surface area contributed by atoms with Crippen LogP contribution in [-0.2, 0) is 9.53 Å². The molecule has 174 valence electrons. The summed E-state index contributed by atoms with van der Waals surface area (Å²) in [7, 11) is 0. The highest BCUT2D eigenvalue weighted by molar-refractivity contribution is 5.91. The molecule has 1 N–H and O–H groups in total.